The van der Waals surface area contributed by atoms with Crippen molar-refractivity contribution >= 4 is 33.3 Å². The molecular weight excluding hydrogens is 254 g/mol. The second-order valence-electron chi connectivity index (χ2n) is 2.55. The van der Waals surface area contributed by atoms with Crippen molar-refractivity contribution in [1.82, 2.24) is 0 Å². The van der Waals surface area contributed by atoms with E-state index in [9.17, 15) is 12.8 Å². The maximum Gasteiger partial charge on any atom is 0.269 e. The molecule has 78 valence electrons. The van der Waals surface area contributed by atoms with Crippen molar-refractivity contribution < 1.29 is 17.4 Å². The molecule has 1 N–H and O–H groups in total. The highest BCUT2D eigenvalue weighted by Crippen LogP contribution is 2.28. The summed E-state index contributed by atoms with van der Waals surface area (Å²) in [4.78, 5) is 0. The van der Waals surface area contributed by atoms with Crippen LogP contribution in [0, 0.1) is 5.82 Å². The SMILES string of the molecule is O=S(=O)(O)Cc1c(F)ccc(Cl)c1Cl. The molecule has 1 rings (SSSR count). The third-order valence-electron chi connectivity index (χ3n) is 1.47. The normalized spacial score (nSPS) is 11.7. The third-order valence-corrected chi connectivity index (χ3v) is 2.96. The van der Waals surface area contributed by atoms with E-state index in [0.717, 1.165) is 6.07 Å². The maximum atomic E-state index is 13.0. The van der Waals surface area contributed by atoms with Gasteiger partial charge in [0.15, 0.2) is 0 Å². The largest absolute Gasteiger partial charge is 0.285 e. The summed E-state index contributed by atoms with van der Waals surface area (Å²) in [5.41, 5.74) is -0.332. The molecule has 3 nitrogen and oxygen atoms in total. The van der Waals surface area contributed by atoms with Crippen LogP contribution in [-0.4, -0.2) is 13.0 Å². The number of rotatable bonds is 2. The fraction of sp³-hybridized carbons (Fsp3) is 0.143. The van der Waals surface area contributed by atoms with Crippen molar-refractivity contribution in [3.05, 3.63) is 33.6 Å². The summed E-state index contributed by atoms with van der Waals surface area (Å²) in [6.45, 7) is 0. The van der Waals surface area contributed by atoms with Gasteiger partial charge in [-0.15, -0.1) is 0 Å². The summed E-state index contributed by atoms with van der Waals surface area (Å²) >= 11 is 11.1. The molecule has 14 heavy (non-hydrogen) atoms. The molecule has 0 unspecified atom stereocenters. The van der Waals surface area contributed by atoms with Gasteiger partial charge in [0.1, 0.15) is 11.6 Å². The second-order valence-corrected chi connectivity index (χ2v) is 4.79. The van der Waals surface area contributed by atoms with Crippen LogP contribution in [0.3, 0.4) is 0 Å². The molecule has 1 aromatic carbocycles. The average Bonchev–Trinajstić information content (AvgIpc) is 2.04. The Kier molecular flexibility index (Phi) is 3.36. The number of benzene rings is 1. The van der Waals surface area contributed by atoms with Crippen molar-refractivity contribution in [3.8, 4) is 0 Å². The number of hydrogen-bond donors (Lipinski definition) is 1. The Morgan fingerprint density at radius 3 is 2.43 bits per heavy atom. The first-order valence-corrected chi connectivity index (χ1v) is 5.75. The van der Waals surface area contributed by atoms with Gasteiger partial charge in [0, 0.05) is 5.56 Å². The lowest BCUT2D eigenvalue weighted by atomic mass is 10.2. The van der Waals surface area contributed by atoms with E-state index in [1.54, 1.807) is 0 Å². The molecule has 7 heteroatoms. The predicted octanol–water partition coefficient (Wildman–Crippen LogP) is 2.52. The molecule has 0 saturated carbocycles. The molecule has 0 bridgehead atoms. The van der Waals surface area contributed by atoms with Gasteiger partial charge in [0.2, 0.25) is 0 Å². The molecule has 0 atom stereocenters. The van der Waals surface area contributed by atoms with Gasteiger partial charge in [-0.1, -0.05) is 23.2 Å². The van der Waals surface area contributed by atoms with Crippen molar-refractivity contribution in [3.63, 3.8) is 0 Å². The summed E-state index contributed by atoms with van der Waals surface area (Å²) < 4.78 is 42.6. The van der Waals surface area contributed by atoms with Crippen molar-refractivity contribution in [2.45, 2.75) is 5.75 Å². The lowest BCUT2D eigenvalue weighted by Gasteiger charge is -2.04. The summed E-state index contributed by atoms with van der Waals surface area (Å²) in [5.74, 6) is -1.71. The van der Waals surface area contributed by atoms with Crippen LogP contribution in [0.5, 0.6) is 0 Å². The first-order valence-electron chi connectivity index (χ1n) is 3.39. The van der Waals surface area contributed by atoms with E-state index >= 15 is 0 Å². The Labute approximate surface area is 90.2 Å². The molecule has 0 aromatic heterocycles. The van der Waals surface area contributed by atoms with Gasteiger partial charge in [0.25, 0.3) is 10.1 Å². The molecule has 0 fully saturated rings. The highest BCUT2D eigenvalue weighted by molar-refractivity contribution is 7.85. The smallest absolute Gasteiger partial charge is 0.269 e. The Morgan fingerprint density at radius 1 is 1.36 bits per heavy atom. The van der Waals surface area contributed by atoms with Crippen molar-refractivity contribution in [1.29, 1.82) is 0 Å². The molecular formula is C7H5Cl2FO3S. The lowest BCUT2D eigenvalue weighted by molar-refractivity contribution is 0.480. The van der Waals surface area contributed by atoms with E-state index in [1.807, 2.05) is 0 Å². The molecule has 0 aliphatic heterocycles. The first kappa shape index (κ1) is 11.7. The number of hydrogen-bond acceptors (Lipinski definition) is 2. The summed E-state index contributed by atoms with van der Waals surface area (Å²) in [6.07, 6.45) is 0. The summed E-state index contributed by atoms with van der Waals surface area (Å²) in [7, 11) is -4.32. The maximum absolute atomic E-state index is 13.0. The van der Waals surface area contributed by atoms with Crippen molar-refractivity contribution in [2.24, 2.45) is 0 Å². The van der Waals surface area contributed by atoms with Crippen LogP contribution in [0.15, 0.2) is 12.1 Å². The number of halogens is 3. The highest BCUT2D eigenvalue weighted by atomic mass is 35.5. The Morgan fingerprint density at radius 2 is 1.93 bits per heavy atom. The van der Waals surface area contributed by atoms with Crippen LogP contribution in [0.2, 0.25) is 10.0 Å². The molecule has 0 amide bonds. The third kappa shape index (κ3) is 2.81. The zero-order valence-electron chi connectivity index (χ0n) is 6.67. The summed E-state index contributed by atoms with van der Waals surface area (Å²) in [6, 6.07) is 2.18. The predicted molar refractivity (Wildman–Crippen MR) is 51.7 cm³/mol. The van der Waals surface area contributed by atoms with Crippen molar-refractivity contribution in [2.75, 3.05) is 0 Å². The average molecular weight is 259 g/mol. The first-order chi connectivity index (χ1) is 6.31. The van der Waals surface area contributed by atoms with E-state index in [0.29, 0.717) is 0 Å². The minimum Gasteiger partial charge on any atom is -0.285 e. The van der Waals surface area contributed by atoms with Crippen LogP contribution in [0.1, 0.15) is 5.56 Å². The zero-order valence-corrected chi connectivity index (χ0v) is 9.00. The van der Waals surface area contributed by atoms with Crippen LogP contribution < -0.4 is 0 Å². The molecule has 0 radical (unpaired) electrons. The summed E-state index contributed by atoms with van der Waals surface area (Å²) in [5, 5.41) is -0.170. The van der Waals surface area contributed by atoms with E-state index in [-0.39, 0.29) is 15.6 Å². The van der Waals surface area contributed by atoms with Gasteiger partial charge >= 0.3 is 0 Å². The molecule has 0 aliphatic carbocycles. The fourth-order valence-electron chi connectivity index (χ4n) is 0.884. The molecule has 0 saturated heterocycles. The van der Waals surface area contributed by atoms with Gasteiger partial charge in [-0.25, -0.2) is 4.39 Å². The van der Waals surface area contributed by atoms with Gasteiger partial charge in [-0.05, 0) is 12.1 Å². The Bertz CT molecular complexity index is 458. The van der Waals surface area contributed by atoms with E-state index in [1.165, 1.54) is 6.07 Å². The minimum atomic E-state index is -4.32. The van der Waals surface area contributed by atoms with Crippen LogP contribution >= 0.6 is 23.2 Å². The molecule has 1 aromatic rings. The van der Waals surface area contributed by atoms with E-state index < -0.39 is 21.7 Å². The molecule has 0 heterocycles. The van der Waals surface area contributed by atoms with Gasteiger partial charge in [-0.2, -0.15) is 8.42 Å². The molecule has 0 spiro atoms. The zero-order chi connectivity index (χ0) is 10.9. The topological polar surface area (TPSA) is 54.4 Å². The second kappa shape index (κ2) is 4.02. The van der Waals surface area contributed by atoms with E-state index in [2.05, 4.69) is 0 Å². The van der Waals surface area contributed by atoms with Crippen LogP contribution in [0.25, 0.3) is 0 Å². The fourth-order valence-corrected chi connectivity index (χ4v) is 2.01. The highest BCUT2D eigenvalue weighted by Gasteiger charge is 2.16. The quantitative estimate of drug-likeness (QED) is 0.655. The van der Waals surface area contributed by atoms with Gasteiger partial charge in [0.05, 0.1) is 10.0 Å². The van der Waals surface area contributed by atoms with Crippen LogP contribution in [-0.2, 0) is 15.9 Å². The van der Waals surface area contributed by atoms with Gasteiger partial charge in [-0.3, -0.25) is 4.55 Å². The van der Waals surface area contributed by atoms with Crippen LogP contribution in [0.4, 0.5) is 4.39 Å². The lowest BCUT2D eigenvalue weighted by Crippen LogP contribution is -2.04. The van der Waals surface area contributed by atoms with Gasteiger partial charge < -0.3 is 0 Å². The minimum absolute atomic E-state index is 0.0340. The monoisotopic (exact) mass is 258 g/mol. The Balaban J connectivity index is 3.27. The standard InChI is InChI=1S/C7H5Cl2FO3S/c8-5-1-2-6(10)4(7(5)9)3-14(11,12)13/h1-2H,3H2,(H,11,12,13). The molecule has 0 aliphatic rings. The van der Waals surface area contributed by atoms with E-state index in [4.69, 9.17) is 27.8 Å². The Hall–Kier alpha value is -0.360.